The molecule has 6 rings (SSSR count). The van der Waals surface area contributed by atoms with Crippen LogP contribution in [0.3, 0.4) is 0 Å². The fourth-order valence-electron chi connectivity index (χ4n) is 6.16. The first-order valence-electron chi connectivity index (χ1n) is 13.7. The number of likely N-dealkylation sites (tertiary alicyclic amines) is 1. The maximum atomic E-state index is 14.7. The van der Waals surface area contributed by atoms with Gasteiger partial charge in [-0.25, -0.2) is 37.1 Å². The molecule has 41 heavy (non-hydrogen) atoms. The zero-order valence-corrected chi connectivity index (χ0v) is 22.1. The van der Waals surface area contributed by atoms with Gasteiger partial charge in [0.05, 0.1) is 18.0 Å². The number of rotatable bonds is 5. The maximum absolute atomic E-state index is 14.7. The minimum absolute atomic E-state index is 0.0971. The zero-order chi connectivity index (χ0) is 28.7. The third kappa shape index (κ3) is 5.20. The summed E-state index contributed by atoms with van der Waals surface area (Å²) in [6.45, 7) is 0.958. The van der Waals surface area contributed by atoms with Crippen molar-refractivity contribution in [2.75, 3.05) is 13.1 Å². The predicted octanol–water partition coefficient (Wildman–Crippen LogP) is 4.67. The maximum Gasteiger partial charge on any atom is 0.327 e. The van der Waals surface area contributed by atoms with E-state index >= 15 is 0 Å². The van der Waals surface area contributed by atoms with E-state index in [1.165, 1.54) is 18.3 Å². The number of piperidine rings is 1. The SMILES string of the molecule is O=C(N[C@@H]1CC[C@@H](c2cccc(F)c2F)Cn2c(CC(F)F)cnc21)N1CCC(n2c(=O)[nH]c3ncccc32)CC1. The van der Waals surface area contributed by atoms with Crippen LogP contribution in [0.25, 0.3) is 11.2 Å². The van der Waals surface area contributed by atoms with Gasteiger partial charge in [0.15, 0.2) is 17.3 Å². The number of amides is 2. The Hall–Kier alpha value is -4.16. The molecule has 5 heterocycles. The number of hydrogen-bond acceptors (Lipinski definition) is 4. The number of aromatic nitrogens is 5. The smallest absolute Gasteiger partial charge is 0.327 e. The Bertz CT molecular complexity index is 1620. The molecule has 0 unspecified atom stereocenters. The van der Waals surface area contributed by atoms with E-state index in [0.29, 0.717) is 50.2 Å². The van der Waals surface area contributed by atoms with Crippen LogP contribution in [0.1, 0.15) is 60.8 Å². The summed E-state index contributed by atoms with van der Waals surface area (Å²) in [5, 5.41) is 3.00. The van der Waals surface area contributed by atoms with Crippen LogP contribution in [-0.4, -0.2) is 54.5 Å². The standard InChI is InChI=1S/C28H29F4N7O2/c29-20-4-1-3-19(24(20)32)16-6-7-21(26-34-14-18(13-23(30)31)38(26)15-16)35-27(40)37-11-8-17(9-12-37)39-22-5-2-10-33-25(22)36-28(39)41/h1-5,10,14,16-17,21,23H,6-9,11-13,15H2,(H,35,40)(H,33,36,41)/t16-,21-/m1/s1. The van der Waals surface area contributed by atoms with Crippen molar-refractivity contribution in [2.24, 2.45) is 0 Å². The summed E-state index contributed by atoms with van der Waals surface area (Å²) in [7, 11) is 0. The Labute approximate surface area is 232 Å². The first-order valence-corrected chi connectivity index (χ1v) is 13.7. The summed E-state index contributed by atoms with van der Waals surface area (Å²) >= 11 is 0. The van der Waals surface area contributed by atoms with Gasteiger partial charge in [-0.05, 0) is 49.4 Å². The summed E-state index contributed by atoms with van der Waals surface area (Å²) < 4.78 is 58.7. The lowest BCUT2D eigenvalue weighted by Gasteiger charge is -2.33. The van der Waals surface area contributed by atoms with Crippen molar-refractivity contribution >= 4 is 17.2 Å². The summed E-state index contributed by atoms with van der Waals surface area (Å²) in [6, 6.07) is 6.54. The fourth-order valence-corrected chi connectivity index (χ4v) is 6.16. The van der Waals surface area contributed by atoms with Crippen molar-refractivity contribution in [2.45, 2.75) is 63.1 Å². The molecule has 1 fully saturated rings. The Morgan fingerprint density at radius 1 is 1.07 bits per heavy atom. The number of aromatic amines is 1. The van der Waals surface area contributed by atoms with Crippen molar-refractivity contribution in [3.05, 3.63) is 81.9 Å². The van der Waals surface area contributed by atoms with E-state index in [1.807, 2.05) is 6.07 Å². The van der Waals surface area contributed by atoms with Crippen LogP contribution in [0.15, 0.2) is 47.5 Å². The third-order valence-corrected chi connectivity index (χ3v) is 8.18. The number of benzene rings is 1. The zero-order valence-electron chi connectivity index (χ0n) is 22.1. The summed E-state index contributed by atoms with van der Waals surface area (Å²) in [5.74, 6) is -1.99. The fraction of sp³-hybridized carbons (Fsp3) is 0.429. The van der Waals surface area contributed by atoms with Crippen molar-refractivity contribution in [3.8, 4) is 0 Å². The molecule has 0 radical (unpaired) electrons. The number of fused-ring (bicyclic) bond motifs is 2. The Balaban J connectivity index is 1.19. The molecular formula is C28H29F4N7O2. The minimum Gasteiger partial charge on any atom is -0.329 e. The highest BCUT2D eigenvalue weighted by Gasteiger charge is 2.33. The molecule has 216 valence electrons. The summed E-state index contributed by atoms with van der Waals surface area (Å²) in [4.78, 5) is 39.0. The number of hydrogen-bond donors (Lipinski definition) is 2. The van der Waals surface area contributed by atoms with Crippen LogP contribution < -0.4 is 11.0 Å². The number of nitrogens with one attached hydrogen (secondary N) is 2. The van der Waals surface area contributed by atoms with Crippen LogP contribution >= 0.6 is 0 Å². The Morgan fingerprint density at radius 2 is 1.88 bits per heavy atom. The van der Waals surface area contributed by atoms with Gasteiger partial charge in [0.1, 0.15) is 5.82 Å². The van der Waals surface area contributed by atoms with Crippen LogP contribution in [0.4, 0.5) is 22.4 Å². The number of alkyl halides is 2. The van der Waals surface area contributed by atoms with Gasteiger partial charge in [0.2, 0.25) is 6.43 Å². The Kier molecular flexibility index (Phi) is 7.26. The molecule has 2 N–H and O–H groups in total. The predicted molar refractivity (Wildman–Crippen MR) is 142 cm³/mol. The van der Waals surface area contributed by atoms with Crippen molar-refractivity contribution in [3.63, 3.8) is 0 Å². The number of imidazole rings is 2. The highest BCUT2D eigenvalue weighted by molar-refractivity contribution is 5.75. The highest BCUT2D eigenvalue weighted by Crippen LogP contribution is 2.35. The van der Waals surface area contributed by atoms with E-state index < -0.39 is 36.4 Å². The van der Waals surface area contributed by atoms with Gasteiger partial charge in [-0.2, -0.15) is 0 Å². The molecule has 0 aliphatic carbocycles. The minimum atomic E-state index is -2.61. The molecule has 0 spiro atoms. The van der Waals surface area contributed by atoms with Gasteiger partial charge >= 0.3 is 11.7 Å². The second-order valence-electron chi connectivity index (χ2n) is 10.6. The van der Waals surface area contributed by atoms with E-state index in [2.05, 4.69) is 20.3 Å². The van der Waals surface area contributed by atoms with Crippen LogP contribution in [0.5, 0.6) is 0 Å². The molecule has 2 aliphatic rings. The number of H-pyrrole nitrogens is 1. The lowest BCUT2D eigenvalue weighted by atomic mass is 9.92. The second-order valence-corrected chi connectivity index (χ2v) is 10.6. The Morgan fingerprint density at radius 3 is 2.66 bits per heavy atom. The molecule has 1 saturated heterocycles. The molecule has 4 aromatic rings. The highest BCUT2D eigenvalue weighted by atomic mass is 19.3. The van der Waals surface area contributed by atoms with E-state index in [0.717, 1.165) is 11.6 Å². The van der Waals surface area contributed by atoms with Gasteiger partial charge in [-0.3, -0.25) is 9.55 Å². The van der Waals surface area contributed by atoms with Gasteiger partial charge in [0, 0.05) is 49.7 Å². The molecule has 1 aromatic carbocycles. The van der Waals surface area contributed by atoms with Crippen LogP contribution in [0, 0.1) is 11.6 Å². The first-order chi connectivity index (χ1) is 19.8. The van der Waals surface area contributed by atoms with Gasteiger partial charge < -0.3 is 14.8 Å². The van der Waals surface area contributed by atoms with E-state index in [9.17, 15) is 27.2 Å². The quantitative estimate of drug-likeness (QED) is 0.340. The molecule has 3 aromatic heterocycles. The molecule has 2 atom stereocenters. The molecular weight excluding hydrogens is 542 g/mol. The number of pyridine rings is 1. The summed E-state index contributed by atoms with van der Waals surface area (Å²) in [6.07, 6.45) is 1.71. The van der Waals surface area contributed by atoms with Crippen LogP contribution in [0.2, 0.25) is 0 Å². The molecule has 0 saturated carbocycles. The van der Waals surface area contributed by atoms with Crippen molar-refractivity contribution < 1.29 is 22.4 Å². The van der Waals surface area contributed by atoms with E-state index in [-0.39, 0.29) is 35.6 Å². The second kappa shape index (κ2) is 11.0. The van der Waals surface area contributed by atoms with Crippen molar-refractivity contribution in [1.82, 2.24) is 34.3 Å². The molecule has 13 heteroatoms. The molecule has 9 nitrogen and oxygen atoms in total. The number of urea groups is 1. The summed E-state index contributed by atoms with van der Waals surface area (Å²) in [5.41, 5.74) is 1.44. The third-order valence-electron chi connectivity index (χ3n) is 8.18. The van der Waals surface area contributed by atoms with Crippen LogP contribution in [-0.2, 0) is 13.0 Å². The van der Waals surface area contributed by atoms with Gasteiger partial charge in [-0.1, -0.05) is 12.1 Å². The lowest BCUT2D eigenvalue weighted by Crippen LogP contribution is -2.46. The largest absolute Gasteiger partial charge is 0.329 e. The number of halogens is 4. The van der Waals surface area contributed by atoms with Crippen molar-refractivity contribution in [1.29, 1.82) is 0 Å². The normalized spacial score (nSPS) is 19.9. The lowest BCUT2D eigenvalue weighted by molar-refractivity contribution is 0.146. The number of carbonyl (C=O) groups is 1. The molecule has 0 bridgehead atoms. The van der Waals surface area contributed by atoms with E-state index in [4.69, 9.17) is 0 Å². The monoisotopic (exact) mass is 571 g/mol. The topological polar surface area (TPSA) is 101 Å². The van der Waals surface area contributed by atoms with E-state index in [1.54, 1.807) is 26.3 Å². The first kappa shape index (κ1) is 27.0. The van der Waals surface area contributed by atoms with Gasteiger partial charge in [0.25, 0.3) is 0 Å². The molecule has 2 aliphatic heterocycles. The average molecular weight is 572 g/mol. The number of nitrogens with zero attached hydrogens (tertiary/aromatic N) is 5. The average Bonchev–Trinajstić information content (AvgIpc) is 3.44. The number of carbonyl (C=O) groups excluding carboxylic acids is 1. The van der Waals surface area contributed by atoms with Gasteiger partial charge in [-0.15, -0.1) is 0 Å². The molecule has 2 amide bonds.